The van der Waals surface area contributed by atoms with Gasteiger partial charge in [-0.2, -0.15) is 0 Å². The highest BCUT2D eigenvalue weighted by Crippen LogP contribution is 2.36. The van der Waals surface area contributed by atoms with Crippen LogP contribution in [-0.2, 0) is 16.0 Å². The molecule has 0 spiro atoms. The van der Waals surface area contributed by atoms with Gasteiger partial charge < -0.3 is 52.4 Å². The third-order valence-corrected chi connectivity index (χ3v) is 10.3. The summed E-state index contributed by atoms with van der Waals surface area (Å²) in [6, 6.07) is 14.4. The lowest BCUT2D eigenvalue weighted by Crippen LogP contribution is -2.55. The second kappa shape index (κ2) is 15.0. The number of fused-ring (bicyclic) bond motifs is 2. The zero-order chi connectivity index (χ0) is 36.6. The van der Waals surface area contributed by atoms with Gasteiger partial charge in [-0.1, -0.05) is 35.9 Å². The van der Waals surface area contributed by atoms with Gasteiger partial charge in [-0.05, 0) is 78.9 Å². The third kappa shape index (κ3) is 7.42. The standard InChI is InChI=1S/C37H43BClF2N3O7/c1-22-17-23(2)43-31(22)20-28-9-8-27(44(28)38(43,40)41)10-14-33(46)42(3)15-4-16-50-29-11-5-24(6-12-29)18-26-19-25(7-13-30(26)39)37-36(49)35(48)34(47)32(21-45)51-37/h5-9,11-13,17,19-20,32,34-37,45,47-49H,4,10,14-16,18,21H2,1-3H3/t32-,34-,35+,36-,37+/m1/s1. The quantitative estimate of drug-likeness (QED) is 0.163. The van der Waals surface area contributed by atoms with E-state index in [-0.39, 0.29) is 18.7 Å². The monoisotopic (exact) mass is 725 g/mol. The molecule has 0 unspecified atom stereocenters. The summed E-state index contributed by atoms with van der Waals surface area (Å²) in [6.07, 6.45) is 0.236. The molecule has 6 rings (SSSR count). The Morgan fingerprint density at radius 1 is 1.06 bits per heavy atom. The number of aryl methyl sites for hydroxylation is 2. The number of rotatable bonds is 12. The lowest BCUT2D eigenvalue weighted by molar-refractivity contribution is -0.362. The van der Waals surface area contributed by atoms with Gasteiger partial charge in [0, 0.05) is 55.4 Å². The number of aliphatic hydroxyl groups is 4. The molecule has 4 heterocycles. The first-order valence-corrected chi connectivity index (χ1v) is 17.5. The number of aliphatic hydroxyl groups excluding tert-OH is 4. The van der Waals surface area contributed by atoms with E-state index in [0.717, 1.165) is 25.7 Å². The Hall–Kier alpha value is -3.85. The van der Waals surface area contributed by atoms with Gasteiger partial charge in [-0.25, -0.2) is 0 Å². The van der Waals surface area contributed by atoms with Gasteiger partial charge in [0.05, 0.1) is 13.2 Å². The number of amides is 1. The molecule has 1 aromatic heterocycles. The van der Waals surface area contributed by atoms with E-state index in [0.29, 0.717) is 65.1 Å². The minimum absolute atomic E-state index is 0.112. The van der Waals surface area contributed by atoms with Crippen LogP contribution in [0, 0.1) is 13.8 Å². The molecule has 1 saturated heterocycles. The number of hydrogen-bond acceptors (Lipinski definition) is 7. The maximum atomic E-state index is 15.7. The van der Waals surface area contributed by atoms with Crippen LogP contribution in [0.1, 0.15) is 59.0 Å². The Labute approximate surface area is 300 Å². The fourth-order valence-corrected chi connectivity index (χ4v) is 7.33. The number of benzene rings is 2. The predicted molar refractivity (Wildman–Crippen MR) is 190 cm³/mol. The summed E-state index contributed by atoms with van der Waals surface area (Å²) >= 11 is 6.48. The Morgan fingerprint density at radius 2 is 1.80 bits per heavy atom. The van der Waals surface area contributed by atoms with Crippen molar-refractivity contribution >= 4 is 36.3 Å². The zero-order valence-corrected chi connectivity index (χ0v) is 29.5. The molecule has 0 bridgehead atoms. The summed E-state index contributed by atoms with van der Waals surface area (Å²) in [4.78, 5) is 14.5. The maximum absolute atomic E-state index is 15.7. The van der Waals surface area contributed by atoms with Crippen molar-refractivity contribution in [1.29, 1.82) is 0 Å². The molecule has 1 fully saturated rings. The largest absolute Gasteiger partial charge is 0.737 e. The van der Waals surface area contributed by atoms with E-state index in [4.69, 9.17) is 21.1 Å². The number of ether oxygens (including phenoxy) is 2. The van der Waals surface area contributed by atoms with Crippen molar-refractivity contribution < 1.29 is 47.8 Å². The van der Waals surface area contributed by atoms with Gasteiger partial charge in [0.15, 0.2) is 5.70 Å². The van der Waals surface area contributed by atoms with Gasteiger partial charge in [0.2, 0.25) is 5.91 Å². The van der Waals surface area contributed by atoms with E-state index in [1.54, 1.807) is 61.4 Å². The summed E-state index contributed by atoms with van der Waals surface area (Å²) in [5.74, 6) is 0.524. The smallest absolute Gasteiger partial charge is 0.494 e. The zero-order valence-electron chi connectivity index (χ0n) is 28.8. The summed E-state index contributed by atoms with van der Waals surface area (Å²) in [5.41, 5.74) is 4.97. The molecule has 4 N–H and O–H groups in total. The van der Waals surface area contributed by atoms with E-state index < -0.39 is 44.1 Å². The minimum atomic E-state index is -4.06. The summed E-state index contributed by atoms with van der Waals surface area (Å²) in [7, 11) is 1.70. The highest BCUT2D eigenvalue weighted by molar-refractivity contribution is 6.58. The highest BCUT2D eigenvalue weighted by atomic mass is 35.5. The van der Waals surface area contributed by atoms with Crippen LogP contribution in [0.5, 0.6) is 5.75 Å². The van der Waals surface area contributed by atoms with E-state index in [2.05, 4.69) is 0 Å². The number of allylic oxidation sites excluding steroid dienone is 2. The molecule has 3 aliphatic rings. The maximum Gasteiger partial charge on any atom is 0.737 e. The number of hydrogen-bond donors (Lipinski definition) is 4. The number of carbonyl (C=O) groups is 1. The van der Waals surface area contributed by atoms with E-state index in [1.165, 1.54) is 0 Å². The van der Waals surface area contributed by atoms with Crippen molar-refractivity contribution in [3.05, 3.63) is 105 Å². The van der Waals surface area contributed by atoms with E-state index in [9.17, 15) is 25.2 Å². The van der Waals surface area contributed by atoms with Gasteiger partial charge >= 0.3 is 6.97 Å². The molecule has 3 aromatic rings. The normalized spacial score (nSPS) is 23.6. The predicted octanol–water partition coefficient (Wildman–Crippen LogP) is 4.17. The number of nitrogens with zero attached hydrogens (tertiary/aromatic N) is 3. The molecule has 14 heteroatoms. The summed E-state index contributed by atoms with van der Waals surface area (Å²) in [5, 5.41) is 40.9. The molecule has 51 heavy (non-hydrogen) atoms. The van der Waals surface area contributed by atoms with Crippen molar-refractivity contribution in [2.24, 2.45) is 0 Å². The second-order valence-electron chi connectivity index (χ2n) is 13.5. The van der Waals surface area contributed by atoms with Crippen LogP contribution in [0.25, 0.3) is 6.08 Å². The van der Waals surface area contributed by atoms with Crippen LogP contribution in [-0.4, -0.2) is 104 Å². The van der Waals surface area contributed by atoms with E-state index in [1.807, 2.05) is 31.2 Å². The van der Waals surface area contributed by atoms with Crippen molar-refractivity contribution in [3.8, 4) is 5.75 Å². The van der Waals surface area contributed by atoms with Crippen LogP contribution in [0.2, 0.25) is 5.02 Å². The minimum Gasteiger partial charge on any atom is -0.494 e. The highest BCUT2D eigenvalue weighted by Gasteiger charge is 2.52. The average molecular weight is 726 g/mol. The SMILES string of the molecule is Cc1cc(C)n2c1C=C1C=CC(CCC(=O)N(C)CCCOc3ccc(Cc4cc([C@@H]5O[C@H](CO)[C@@H](O)[C@H](O)[C@H]5O)ccc4Cl)cc3)=[N+]1[B-]2(F)F. The number of halogens is 3. The Kier molecular flexibility index (Phi) is 10.9. The molecule has 3 aliphatic heterocycles. The fourth-order valence-electron chi connectivity index (χ4n) is 7.15. The average Bonchev–Trinajstić information content (AvgIpc) is 3.66. The van der Waals surface area contributed by atoms with Crippen molar-refractivity contribution in [3.63, 3.8) is 0 Å². The Morgan fingerprint density at radius 3 is 2.53 bits per heavy atom. The lowest BCUT2D eigenvalue weighted by atomic mass is 9.90. The number of aromatic nitrogens is 1. The van der Waals surface area contributed by atoms with Crippen LogP contribution < -0.4 is 4.74 Å². The van der Waals surface area contributed by atoms with E-state index >= 15 is 8.63 Å². The first kappa shape index (κ1) is 36.9. The van der Waals surface area contributed by atoms with Crippen molar-refractivity contribution in [1.82, 2.24) is 9.38 Å². The topological polar surface area (TPSA) is 128 Å². The lowest BCUT2D eigenvalue weighted by Gasteiger charge is -2.40. The molecule has 0 saturated carbocycles. The molecule has 5 atom stereocenters. The number of carbonyl (C=O) groups excluding carboxylic acids is 1. The summed E-state index contributed by atoms with van der Waals surface area (Å²) in [6.45, 7) is -0.235. The third-order valence-electron chi connectivity index (χ3n) is 9.94. The first-order chi connectivity index (χ1) is 24.3. The summed E-state index contributed by atoms with van der Waals surface area (Å²) < 4.78 is 45.1. The molecule has 10 nitrogen and oxygen atoms in total. The first-order valence-electron chi connectivity index (χ1n) is 17.1. The second-order valence-corrected chi connectivity index (χ2v) is 13.9. The fraction of sp³-hybridized carbons (Fsp3) is 0.405. The molecule has 272 valence electrons. The van der Waals surface area contributed by atoms with Crippen LogP contribution in [0.4, 0.5) is 8.63 Å². The van der Waals surface area contributed by atoms with Gasteiger partial charge in [0.1, 0.15) is 42.0 Å². The van der Waals surface area contributed by atoms with Crippen molar-refractivity contribution in [2.75, 3.05) is 26.8 Å². The Balaban J connectivity index is 0.974. The van der Waals surface area contributed by atoms with Gasteiger partial charge in [-0.15, -0.1) is 0 Å². The Bertz CT molecular complexity index is 1880. The molecule has 1 amide bonds. The van der Waals surface area contributed by atoms with Crippen LogP contribution in [0.15, 0.2) is 66.4 Å². The molecule has 0 aliphatic carbocycles. The molecular weight excluding hydrogens is 683 g/mol. The molecule has 0 radical (unpaired) electrons. The van der Waals surface area contributed by atoms with Crippen LogP contribution in [0.3, 0.4) is 0 Å². The van der Waals surface area contributed by atoms with Gasteiger partial charge in [-0.3, -0.25) is 4.79 Å². The molecular formula is C37H43BClF2N3O7. The van der Waals surface area contributed by atoms with Crippen molar-refractivity contribution in [2.45, 2.75) is 70.1 Å². The van der Waals surface area contributed by atoms with Gasteiger partial charge in [0.25, 0.3) is 0 Å². The molecule has 2 aromatic carbocycles. The van der Waals surface area contributed by atoms with Crippen LogP contribution >= 0.6 is 11.6 Å².